The van der Waals surface area contributed by atoms with Gasteiger partial charge in [-0.15, -0.1) is 0 Å². The van der Waals surface area contributed by atoms with E-state index in [1.807, 2.05) is 47.1 Å². The van der Waals surface area contributed by atoms with Crippen molar-refractivity contribution in [2.45, 2.75) is 6.04 Å². The Labute approximate surface area is 122 Å². The van der Waals surface area contributed by atoms with Crippen molar-refractivity contribution in [3.8, 4) is 11.5 Å². The van der Waals surface area contributed by atoms with Gasteiger partial charge in [-0.3, -0.25) is 0 Å². The topological polar surface area (TPSA) is 61.8 Å². The zero-order valence-electron chi connectivity index (χ0n) is 12.0. The van der Waals surface area contributed by atoms with Gasteiger partial charge < -0.3 is 15.2 Å². The van der Waals surface area contributed by atoms with E-state index in [9.17, 15) is 0 Å². The minimum absolute atomic E-state index is 0.297. The number of benzene rings is 1. The van der Waals surface area contributed by atoms with Gasteiger partial charge in [0.1, 0.15) is 11.5 Å². The number of methoxy groups -OCH3 is 2. The molecule has 0 aliphatic heterocycles. The zero-order valence-corrected chi connectivity index (χ0v) is 12.0. The highest BCUT2D eigenvalue weighted by atomic mass is 16.5. The molecule has 1 atom stereocenters. The Kier molecular flexibility index (Phi) is 3.50. The molecule has 0 bridgehead atoms. The van der Waals surface area contributed by atoms with Gasteiger partial charge >= 0.3 is 0 Å². The number of aromatic nitrogens is 2. The summed E-state index contributed by atoms with van der Waals surface area (Å²) < 4.78 is 12.4. The summed E-state index contributed by atoms with van der Waals surface area (Å²) in [5.41, 5.74) is 9.29. The summed E-state index contributed by atoms with van der Waals surface area (Å²) in [5.74, 6) is 1.44. The van der Waals surface area contributed by atoms with Crippen molar-refractivity contribution in [3.63, 3.8) is 0 Å². The van der Waals surface area contributed by atoms with Gasteiger partial charge in [-0.1, -0.05) is 6.07 Å². The number of nitrogens with two attached hydrogens (primary N) is 1. The summed E-state index contributed by atoms with van der Waals surface area (Å²) in [6, 6.07) is 11.3. The number of ether oxygens (including phenoxy) is 2. The zero-order chi connectivity index (χ0) is 14.8. The lowest BCUT2D eigenvalue weighted by Gasteiger charge is -2.14. The molecule has 0 radical (unpaired) electrons. The molecule has 0 fully saturated rings. The summed E-state index contributed by atoms with van der Waals surface area (Å²) >= 11 is 0. The summed E-state index contributed by atoms with van der Waals surface area (Å²) in [5, 5.41) is 4.32. The second kappa shape index (κ2) is 5.46. The van der Waals surface area contributed by atoms with Crippen molar-refractivity contribution in [1.82, 2.24) is 9.61 Å². The van der Waals surface area contributed by atoms with Gasteiger partial charge in [0.15, 0.2) is 0 Å². The Balaban J connectivity index is 2.07. The van der Waals surface area contributed by atoms with Crippen LogP contribution in [-0.4, -0.2) is 23.8 Å². The Morgan fingerprint density at radius 3 is 2.48 bits per heavy atom. The first-order valence-electron chi connectivity index (χ1n) is 6.63. The SMILES string of the molecule is COc1cc(OC)cc(C(N)c2cnn3ccccc23)c1. The average molecular weight is 283 g/mol. The molecule has 0 saturated heterocycles. The molecule has 0 aliphatic rings. The van der Waals surface area contributed by atoms with Crippen molar-refractivity contribution in [3.05, 3.63) is 59.9 Å². The Morgan fingerprint density at radius 1 is 1.10 bits per heavy atom. The largest absolute Gasteiger partial charge is 0.497 e. The minimum atomic E-state index is -0.297. The number of nitrogens with zero attached hydrogens (tertiary/aromatic N) is 2. The number of hydrogen-bond acceptors (Lipinski definition) is 4. The lowest BCUT2D eigenvalue weighted by Crippen LogP contribution is -2.12. The van der Waals surface area contributed by atoms with Crippen molar-refractivity contribution >= 4 is 5.52 Å². The van der Waals surface area contributed by atoms with Gasteiger partial charge in [0, 0.05) is 17.8 Å². The smallest absolute Gasteiger partial charge is 0.122 e. The molecular formula is C16H17N3O2. The predicted octanol–water partition coefficient (Wildman–Crippen LogP) is 2.40. The monoisotopic (exact) mass is 283 g/mol. The standard InChI is InChI=1S/C16H17N3O2/c1-20-12-7-11(8-13(9-12)21-2)16(17)14-10-18-19-6-4-3-5-15(14)19/h3-10,16H,17H2,1-2H3. The van der Waals surface area contributed by atoms with E-state index in [1.165, 1.54) is 0 Å². The van der Waals surface area contributed by atoms with Crippen LogP contribution >= 0.6 is 0 Å². The van der Waals surface area contributed by atoms with E-state index >= 15 is 0 Å². The van der Waals surface area contributed by atoms with Crippen LogP contribution in [0.4, 0.5) is 0 Å². The average Bonchev–Trinajstić information content (AvgIpc) is 2.97. The molecule has 0 amide bonds. The van der Waals surface area contributed by atoms with Gasteiger partial charge in [0.05, 0.1) is 32.0 Å². The molecule has 108 valence electrons. The Bertz CT molecular complexity index is 745. The lowest BCUT2D eigenvalue weighted by molar-refractivity contribution is 0.393. The third-order valence-electron chi connectivity index (χ3n) is 3.52. The van der Waals surface area contributed by atoms with Gasteiger partial charge in [0.2, 0.25) is 0 Å². The molecule has 0 spiro atoms. The maximum atomic E-state index is 6.41. The molecule has 2 heterocycles. The first-order valence-corrected chi connectivity index (χ1v) is 6.63. The first-order chi connectivity index (χ1) is 10.2. The second-order valence-electron chi connectivity index (χ2n) is 4.75. The summed E-state index contributed by atoms with van der Waals surface area (Å²) in [6.45, 7) is 0. The third-order valence-corrected chi connectivity index (χ3v) is 3.52. The van der Waals surface area contributed by atoms with Crippen molar-refractivity contribution in [2.75, 3.05) is 14.2 Å². The van der Waals surface area contributed by atoms with E-state index in [4.69, 9.17) is 15.2 Å². The fourth-order valence-electron chi connectivity index (χ4n) is 2.38. The van der Waals surface area contributed by atoms with Crippen LogP contribution < -0.4 is 15.2 Å². The van der Waals surface area contributed by atoms with Crippen LogP contribution in [0.15, 0.2) is 48.8 Å². The van der Waals surface area contributed by atoms with E-state index in [0.717, 1.165) is 28.1 Å². The number of pyridine rings is 1. The molecule has 21 heavy (non-hydrogen) atoms. The van der Waals surface area contributed by atoms with E-state index < -0.39 is 0 Å². The summed E-state index contributed by atoms with van der Waals surface area (Å²) in [7, 11) is 3.25. The fraction of sp³-hybridized carbons (Fsp3) is 0.188. The molecule has 0 aliphatic carbocycles. The van der Waals surface area contributed by atoms with Gasteiger partial charge in [-0.25, -0.2) is 4.52 Å². The van der Waals surface area contributed by atoms with Crippen LogP contribution in [0.25, 0.3) is 5.52 Å². The van der Waals surface area contributed by atoms with E-state index in [-0.39, 0.29) is 6.04 Å². The van der Waals surface area contributed by atoms with Crippen molar-refractivity contribution in [1.29, 1.82) is 0 Å². The molecule has 5 heteroatoms. The third kappa shape index (κ3) is 2.43. The molecule has 5 nitrogen and oxygen atoms in total. The second-order valence-corrected chi connectivity index (χ2v) is 4.75. The molecule has 3 rings (SSSR count). The summed E-state index contributed by atoms with van der Waals surface area (Å²) in [6.07, 6.45) is 3.70. The Hall–Kier alpha value is -2.53. The van der Waals surface area contributed by atoms with Crippen LogP contribution in [0.5, 0.6) is 11.5 Å². The molecular weight excluding hydrogens is 266 g/mol. The molecule has 2 N–H and O–H groups in total. The van der Waals surface area contributed by atoms with Crippen LogP contribution in [-0.2, 0) is 0 Å². The first kappa shape index (κ1) is 13.5. The molecule has 1 aromatic carbocycles. The Morgan fingerprint density at radius 2 is 1.81 bits per heavy atom. The highest BCUT2D eigenvalue weighted by Gasteiger charge is 2.16. The van der Waals surface area contributed by atoms with Crippen LogP contribution in [0.3, 0.4) is 0 Å². The highest BCUT2D eigenvalue weighted by molar-refractivity contribution is 5.57. The van der Waals surface area contributed by atoms with Gasteiger partial charge in [-0.05, 0) is 29.8 Å². The predicted molar refractivity (Wildman–Crippen MR) is 80.8 cm³/mol. The maximum Gasteiger partial charge on any atom is 0.122 e. The summed E-state index contributed by atoms with van der Waals surface area (Å²) in [4.78, 5) is 0. The molecule has 1 unspecified atom stereocenters. The minimum Gasteiger partial charge on any atom is -0.497 e. The highest BCUT2D eigenvalue weighted by Crippen LogP contribution is 2.30. The molecule has 3 aromatic rings. The molecule has 2 aromatic heterocycles. The van der Waals surface area contributed by atoms with Crippen LogP contribution in [0.1, 0.15) is 17.2 Å². The van der Waals surface area contributed by atoms with Gasteiger partial charge in [0.25, 0.3) is 0 Å². The number of hydrogen-bond donors (Lipinski definition) is 1. The number of fused-ring (bicyclic) bond motifs is 1. The van der Waals surface area contributed by atoms with Crippen LogP contribution in [0.2, 0.25) is 0 Å². The van der Waals surface area contributed by atoms with E-state index in [1.54, 1.807) is 20.4 Å². The van der Waals surface area contributed by atoms with Crippen LogP contribution in [0, 0.1) is 0 Å². The molecule has 0 saturated carbocycles. The lowest BCUT2D eigenvalue weighted by atomic mass is 10.0. The fourth-order valence-corrected chi connectivity index (χ4v) is 2.38. The maximum absolute atomic E-state index is 6.41. The normalized spacial score (nSPS) is 12.3. The quantitative estimate of drug-likeness (QED) is 0.798. The number of rotatable bonds is 4. The van der Waals surface area contributed by atoms with Crippen molar-refractivity contribution in [2.24, 2.45) is 5.73 Å². The van der Waals surface area contributed by atoms with E-state index in [2.05, 4.69) is 5.10 Å². The van der Waals surface area contributed by atoms with Gasteiger partial charge in [-0.2, -0.15) is 5.10 Å². The van der Waals surface area contributed by atoms with E-state index in [0.29, 0.717) is 0 Å². The van der Waals surface area contributed by atoms with Crippen molar-refractivity contribution < 1.29 is 9.47 Å².